The first-order valence-electron chi connectivity index (χ1n) is 2.65. The van der Waals surface area contributed by atoms with Gasteiger partial charge in [-0.25, -0.2) is 0 Å². The summed E-state index contributed by atoms with van der Waals surface area (Å²) < 4.78 is 3.79. The first kappa shape index (κ1) is 7.01. The van der Waals surface area contributed by atoms with Crippen LogP contribution in [0.2, 0.25) is 0 Å². The Morgan fingerprint density at radius 3 is 3.20 bits per heavy atom. The van der Waals surface area contributed by atoms with Crippen LogP contribution in [0.15, 0.2) is 12.3 Å². The van der Waals surface area contributed by atoms with Gasteiger partial charge in [0, 0.05) is 6.20 Å². The fourth-order valence-corrected chi connectivity index (χ4v) is 0.963. The first-order valence-corrected chi connectivity index (χ1v) is 3.43. The third kappa shape index (κ3) is 2.02. The molecule has 0 fully saturated rings. The summed E-state index contributed by atoms with van der Waals surface area (Å²) in [4.78, 5) is 10.0. The molecule has 1 aromatic heterocycles. The molecular formula is C5H6N2O2S. The second-order valence-electron chi connectivity index (χ2n) is 1.62. The molecule has 0 aromatic carbocycles. The molecule has 1 aromatic rings. The molecule has 5 heteroatoms. The van der Waals surface area contributed by atoms with Gasteiger partial charge in [0.25, 0.3) is 0 Å². The number of aromatic nitrogens is 1. The molecule has 0 bridgehead atoms. The average molecular weight is 158 g/mol. The summed E-state index contributed by atoms with van der Waals surface area (Å²) in [6.07, 6.45) is 1.62. The van der Waals surface area contributed by atoms with E-state index < -0.39 is 5.97 Å². The summed E-state index contributed by atoms with van der Waals surface area (Å²) in [6.45, 7) is -0.0534. The van der Waals surface area contributed by atoms with E-state index in [-0.39, 0.29) is 6.54 Å². The number of carbonyl (C=O) groups is 1. The predicted molar refractivity (Wildman–Crippen MR) is 38.2 cm³/mol. The smallest absolute Gasteiger partial charge is 0.322 e. The zero-order chi connectivity index (χ0) is 7.40. The van der Waals surface area contributed by atoms with Crippen LogP contribution in [0.1, 0.15) is 0 Å². The van der Waals surface area contributed by atoms with Crippen molar-refractivity contribution in [1.82, 2.24) is 4.37 Å². The number of carboxylic acids is 1. The van der Waals surface area contributed by atoms with E-state index in [2.05, 4.69) is 9.69 Å². The second kappa shape index (κ2) is 3.17. The van der Waals surface area contributed by atoms with Gasteiger partial charge in [-0.3, -0.25) is 4.79 Å². The molecule has 0 saturated carbocycles. The Balaban J connectivity index is 2.35. The first-order chi connectivity index (χ1) is 4.79. The van der Waals surface area contributed by atoms with E-state index in [0.29, 0.717) is 0 Å². The molecule has 1 rings (SSSR count). The van der Waals surface area contributed by atoms with Gasteiger partial charge in [-0.2, -0.15) is 4.37 Å². The Morgan fingerprint density at radius 1 is 1.90 bits per heavy atom. The van der Waals surface area contributed by atoms with Gasteiger partial charge in [-0.05, 0) is 17.6 Å². The molecule has 1 heterocycles. The summed E-state index contributed by atoms with van der Waals surface area (Å²) >= 11 is 1.24. The minimum Gasteiger partial charge on any atom is -0.480 e. The molecule has 0 amide bonds. The summed E-state index contributed by atoms with van der Waals surface area (Å²) in [5, 5.41) is 11.7. The molecule has 0 spiro atoms. The topological polar surface area (TPSA) is 62.2 Å². The van der Waals surface area contributed by atoms with Crippen molar-refractivity contribution in [3.8, 4) is 0 Å². The number of anilines is 1. The monoisotopic (exact) mass is 158 g/mol. The van der Waals surface area contributed by atoms with Gasteiger partial charge >= 0.3 is 5.97 Å². The molecule has 10 heavy (non-hydrogen) atoms. The third-order valence-corrected chi connectivity index (χ3v) is 1.56. The highest BCUT2D eigenvalue weighted by molar-refractivity contribution is 7.10. The molecule has 0 aliphatic rings. The number of hydrogen-bond acceptors (Lipinski definition) is 4. The lowest BCUT2D eigenvalue weighted by atomic mass is 10.6. The largest absolute Gasteiger partial charge is 0.480 e. The quantitative estimate of drug-likeness (QED) is 0.677. The van der Waals surface area contributed by atoms with Crippen molar-refractivity contribution >= 4 is 22.5 Å². The number of aliphatic carboxylic acids is 1. The van der Waals surface area contributed by atoms with Gasteiger partial charge < -0.3 is 10.4 Å². The van der Waals surface area contributed by atoms with Gasteiger partial charge in [-0.1, -0.05) is 0 Å². The van der Waals surface area contributed by atoms with Gasteiger partial charge in [0.15, 0.2) is 0 Å². The molecule has 4 nitrogen and oxygen atoms in total. The van der Waals surface area contributed by atoms with Crippen LogP contribution < -0.4 is 5.32 Å². The summed E-state index contributed by atoms with van der Waals surface area (Å²) in [5.41, 5.74) is 0. The number of carboxylic acid groups (broad SMARTS) is 1. The summed E-state index contributed by atoms with van der Waals surface area (Å²) in [6, 6.07) is 1.73. The van der Waals surface area contributed by atoms with Gasteiger partial charge in [0.2, 0.25) is 0 Å². The van der Waals surface area contributed by atoms with Crippen LogP contribution in [0.5, 0.6) is 0 Å². The maximum absolute atomic E-state index is 10.0. The minimum atomic E-state index is -0.867. The second-order valence-corrected chi connectivity index (χ2v) is 2.46. The molecule has 0 aliphatic heterocycles. The average Bonchev–Trinajstić information content (AvgIpc) is 2.34. The van der Waals surface area contributed by atoms with Crippen LogP contribution in [-0.2, 0) is 4.79 Å². The highest BCUT2D eigenvalue weighted by Gasteiger charge is 1.96. The fourth-order valence-electron chi connectivity index (χ4n) is 0.470. The number of nitrogens with one attached hydrogen (secondary N) is 1. The van der Waals surface area contributed by atoms with Crippen molar-refractivity contribution in [2.75, 3.05) is 11.9 Å². The Morgan fingerprint density at radius 2 is 2.70 bits per heavy atom. The van der Waals surface area contributed by atoms with Crippen LogP contribution in [-0.4, -0.2) is 22.0 Å². The van der Waals surface area contributed by atoms with Crippen molar-refractivity contribution in [2.24, 2.45) is 0 Å². The highest BCUT2D eigenvalue weighted by Crippen LogP contribution is 2.09. The zero-order valence-corrected chi connectivity index (χ0v) is 5.89. The molecule has 0 saturated heterocycles. The van der Waals surface area contributed by atoms with Crippen molar-refractivity contribution in [3.63, 3.8) is 0 Å². The van der Waals surface area contributed by atoms with Crippen LogP contribution in [0.3, 0.4) is 0 Å². The molecule has 0 atom stereocenters. The summed E-state index contributed by atoms with van der Waals surface area (Å²) in [7, 11) is 0. The Kier molecular flexibility index (Phi) is 2.22. The molecule has 0 aliphatic carbocycles. The maximum atomic E-state index is 10.0. The van der Waals surface area contributed by atoms with Crippen LogP contribution in [0, 0.1) is 0 Å². The lowest BCUT2D eigenvalue weighted by Gasteiger charge is -1.94. The van der Waals surface area contributed by atoms with Gasteiger partial charge in [0.05, 0.1) is 0 Å². The Labute approximate surface area is 61.7 Å². The van der Waals surface area contributed by atoms with Crippen LogP contribution in [0.25, 0.3) is 0 Å². The maximum Gasteiger partial charge on any atom is 0.322 e. The molecular weight excluding hydrogens is 152 g/mol. The normalized spacial score (nSPS) is 9.20. The summed E-state index contributed by atoms with van der Waals surface area (Å²) in [5.74, 6) is -0.867. The highest BCUT2D eigenvalue weighted by atomic mass is 32.1. The van der Waals surface area contributed by atoms with E-state index in [4.69, 9.17) is 5.11 Å². The van der Waals surface area contributed by atoms with Gasteiger partial charge in [0.1, 0.15) is 11.5 Å². The Hall–Kier alpha value is -1.10. The van der Waals surface area contributed by atoms with E-state index >= 15 is 0 Å². The lowest BCUT2D eigenvalue weighted by molar-refractivity contribution is -0.134. The molecule has 0 radical (unpaired) electrons. The SMILES string of the molecule is O=C(O)CNc1ccns1. The van der Waals surface area contributed by atoms with Crippen LogP contribution in [0.4, 0.5) is 5.00 Å². The van der Waals surface area contributed by atoms with Crippen molar-refractivity contribution in [1.29, 1.82) is 0 Å². The number of hydrogen-bond donors (Lipinski definition) is 2. The van der Waals surface area contributed by atoms with Gasteiger partial charge in [-0.15, -0.1) is 0 Å². The van der Waals surface area contributed by atoms with E-state index in [1.165, 1.54) is 11.5 Å². The van der Waals surface area contributed by atoms with E-state index in [1.54, 1.807) is 12.3 Å². The Bertz CT molecular complexity index is 209. The standard InChI is InChI=1S/C5H6N2O2S/c8-5(9)3-6-4-1-2-7-10-4/h1-2,6H,3H2,(H,8,9). The van der Waals surface area contributed by atoms with Crippen LogP contribution >= 0.6 is 11.5 Å². The minimum absolute atomic E-state index is 0.0534. The molecule has 54 valence electrons. The van der Waals surface area contributed by atoms with E-state index in [0.717, 1.165) is 5.00 Å². The van der Waals surface area contributed by atoms with E-state index in [9.17, 15) is 4.79 Å². The zero-order valence-electron chi connectivity index (χ0n) is 5.07. The molecule has 2 N–H and O–H groups in total. The third-order valence-electron chi connectivity index (χ3n) is 0.852. The number of rotatable bonds is 3. The predicted octanol–water partition coefficient (Wildman–Crippen LogP) is 0.640. The van der Waals surface area contributed by atoms with Crippen molar-refractivity contribution < 1.29 is 9.90 Å². The van der Waals surface area contributed by atoms with E-state index in [1.807, 2.05) is 0 Å². The number of nitrogens with zero attached hydrogens (tertiary/aromatic N) is 1. The lowest BCUT2D eigenvalue weighted by Crippen LogP contribution is -2.11. The fraction of sp³-hybridized carbons (Fsp3) is 0.200. The van der Waals surface area contributed by atoms with Crippen molar-refractivity contribution in [2.45, 2.75) is 0 Å². The van der Waals surface area contributed by atoms with Crippen molar-refractivity contribution in [3.05, 3.63) is 12.3 Å². The molecule has 0 unspecified atom stereocenters.